The van der Waals surface area contributed by atoms with Crippen LogP contribution in [0.2, 0.25) is 0 Å². The van der Waals surface area contributed by atoms with Crippen molar-refractivity contribution in [3.63, 3.8) is 0 Å². The molecule has 2 unspecified atom stereocenters. The summed E-state index contributed by atoms with van der Waals surface area (Å²) in [5, 5.41) is 0. The largest absolute Gasteiger partial charge is 0.341 e. The van der Waals surface area contributed by atoms with E-state index in [9.17, 15) is 4.79 Å². The highest BCUT2D eigenvalue weighted by Crippen LogP contribution is 2.46. The predicted molar refractivity (Wildman–Crippen MR) is 87.7 cm³/mol. The van der Waals surface area contributed by atoms with Crippen LogP contribution in [0, 0.1) is 5.92 Å². The van der Waals surface area contributed by atoms with Crippen molar-refractivity contribution in [3.05, 3.63) is 35.9 Å². The molecule has 0 N–H and O–H groups in total. The highest BCUT2D eigenvalue weighted by Gasteiger charge is 2.52. The molecule has 2 heterocycles. The van der Waals surface area contributed by atoms with Gasteiger partial charge in [0.1, 0.15) is 0 Å². The lowest BCUT2D eigenvalue weighted by Gasteiger charge is -2.46. The number of hydrogen-bond donors (Lipinski definition) is 0. The Hall–Kier alpha value is -1.35. The fraction of sp³-hybridized carbons (Fsp3) is 0.632. The topological polar surface area (TPSA) is 23.6 Å². The highest BCUT2D eigenvalue weighted by molar-refractivity contribution is 5.81. The molecule has 3 nitrogen and oxygen atoms in total. The van der Waals surface area contributed by atoms with E-state index < -0.39 is 0 Å². The molecule has 4 rings (SSSR count). The van der Waals surface area contributed by atoms with E-state index in [1.54, 1.807) is 0 Å². The third-order valence-electron chi connectivity index (χ3n) is 6.14. The van der Waals surface area contributed by atoms with Crippen molar-refractivity contribution in [2.24, 2.45) is 5.92 Å². The summed E-state index contributed by atoms with van der Waals surface area (Å²) in [6.45, 7) is 6.38. The quantitative estimate of drug-likeness (QED) is 0.856. The smallest absolute Gasteiger partial charge is 0.225 e. The van der Waals surface area contributed by atoms with Crippen LogP contribution in [0.15, 0.2) is 30.3 Å². The lowest BCUT2D eigenvalue weighted by atomic mass is 9.69. The monoisotopic (exact) mass is 298 g/mol. The second-order valence-corrected chi connectivity index (χ2v) is 7.23. The molecule has 22 heavy (non-hydrogen) atoms. The number of amides is 1. The average molecular weight is 298 g/mol. The fourth-order valence-electron chi connectivity index (χ4n) is 4.65. The number of carbonyl (C=O) groups excluding carboxylic acids is 1. The summed E-state index contributed by atoms with van der Waals surface area (Å²) < 4.78 is 0. The van der Waals surface area contributed by atoms with Gasteiger partial charge < -0.3 is 4.90 Å². The Bertz CT molecular complexity index is 554. The number of likely N-dealkylation sites (N-methyl/N-ethyl adjacent to an activating group) is 1. The van der Waals surface area contributed by atoms with E-state index in [-0.39, 0.29) is 5.41 Å². The zero-order chi connectivity index (χ0) is 15.2. The van der Waals surface area contributed by atoms with Gasteiger partial charge in [-0.05, 0) is 44.3 Å². The first kappa shape index (κ1) is 14.3. The molecule has 0 bridgehead atoms. The first-order chi connectivity index (χ1) is 10.7. The maximum atomic E-state index is 12.5. The van der Waals surface area contributed by atoms with Gasteiger partial charge in [0.15, 0.2) is 0 Å². The Balaban J connectivity index is 1.63. The molecule has 1 aromatic carbocycles. The van der Waals surface area contributed by atoms with Crippen molar-refractivity contribution in [2.45, 2.75) is 44.1 Å². The van der Waals surface area contributed by atoms with Crippen LogP contribution < -0.4 is 0 Å². The normalized spacial score (nSPS) is 32.0. The number of piperidine rings is 1. The summed E-state index contributed by atoms with van der Waals surface area (Å²) in [5.41, 5.74) is 1.74. The highest BCUT2D eigenvalue weighted by atomic mass is 16.2. The van der Waals surface area contributed by atoms with Gasteiger partial charge in [-0.1, -0.05) is 37.3 Å². The molecule has 1 aromatic rings. The van der Waals surface area contributed by atoms with Gasteiger partial charge in [-0.3, -0.25) is 9.69 Å². The molecular weight excluding hydrogens is 272 g/mol. The Labute approximate surface area is 133 Å². The molecule has 0 radical (unpaired) electrons. The van der Waals surface area contributed by atoms with Crippen molar-refractivity contribution >= 4 is 5.91 Å². The molecule has 1 amide bonds. The molecule has 1 saturated carbocycles. The number of likely N-dealkylation sites (tertiary alicyclic amines) is 2. The summed E-state index contributed by atoms with van der Waals surface area (Å²) in [7, 11) is 0. The van der Waals surface area contributed by atoms with Crippen LogP contribution in [0.4, 0.5) is 0 Å². The van der Waals surface area contributed by atoms with Crippen LogP contribution in [0.1, 0.15) is 38.2 Å². The summed E-state index contributed by atoms with van der Waals surface area (Å²) >= 11 is 0. The lowest BCUT2D eigenvalue weighted by molar-refractivity contribution is -0.135. The van der Waals surface area contributed by atoms with Gasteiger partial charge in [-0.2, -0.15) is 0 Å². The van der Waals surface area contributed by atoms with Crippen LogP contribution in [0.3, 0.4) is 0 Å². The lowest BCUT2D eigenvalue weighted by Crippen LogP contribution is -2.57. The standard InChI is InChI=1S/C19H26N2O/c1-2-20-12-10-19(16-6-4-3-5-7-16)11-13-21(14-17(19)20)18(22)15-8-9-15/h3-7,15,17H,2,8-14H2,1H3. The number of fused-ring (bicyclic) bond motifs is 1. The number of nitrogens with zero attached hydrogens (tertiary/aromatic N) is 2. The van der Waals surface area contributed by atoms with E-state index in [2.05, 4.69) is 47.1 Å². The average Bonchev–Trinajstić information content (AvgIpc) is 3.35. The number of hydrogen-bond acceptors (Lipinski definition) is 2. The van der Waals surface area contributed by atoms with Crippen molar-refractivity contribution in [1.82, 2.24) is 9.80 Å². The van der Waals surface area contributed by atoms with E-state index in [0.717, 1.165) is 38.9 Å². The van der Waals surface area contributed by atoms with E-state index in [4.69, 9.17) is 0 Å². The molecule has 2 aliphatic heterocycles. The second kappa shape index (κ2) is 5.38. The van der Waals surface area contributed by atoms with Crippen LogP contribution in [-0.2, 0) is 10.2 Å². The van der Waals surface area contributed by atoms with Gasteiger partial charge in [0.25, 0.3) is 0 Å². The van der Waals surface area contributed by atoms with Gasteiger partial charge in [0.05, 0.1) is 0 Å². The molecule has 0 aromatic heterocycles. The summed E-state index contributed by atoms with van der Waals surface area (Å²) in [4.78, 5) is 17.3. The van der Waals surface area contributed by atoms with E-state index in [1.807, 2.05) is 0 Å². The van der Waals surface area contributed by atoms with Crippen molar-refractivity contribution in [1.29, 1.82) is 0 Å². The molecule has 2 saturated heterocycles. The number of rotatable bonds is 3. The first-order valence-corrected chi connectivity index (χ1v) is 8.83. The van der Waals surface area contributed by atoms with Gasteiger partial charge >= 0.3 is 0 Å². The Kier molecular flexibility index (Phi) is 3.48. The van der Waals surface area contributed by atoms with Gasteiger partial charge in [0.2, 0.25) is 5.91 Å². The molecule has 3 fully saturated rings. The third kappa shape index (κ3) is 2.18. The van der Waals surface area contributed by atoms with Crippen LogP contribution in [-0.4, -0.2) is 47.9 Å². The maximum absolute atomic E-state index is 12.5. The fourth-order valence-corrected chi connectivity index (χ4v) is 4.65. The predicted octanol–water partition coefficient (Wildman–Crippen LogP) is 2.66. The second-order valence-electron chi connectivity index (χ2n) is 7.23. The minimum Gasteiger partial charge on any atom is -0.341 e. The minimum atomic E-state index is 0.262. The minimum absolute atomic E-state index is 0.262. The van der Waals surface area contributed by atoms with Crippen molar-refractivity contribution in [2.75, 3.05) is 26.2 Å². The van der Waals surface area contributed by atoms with E-state index >= 15 is 0 Å². The molecule has 118 valence electrons. The molecule has 1 aliphatic carbocycles. The van der Waals surface area contributed by atoms with Crippen molar-refractivity contribution in [3.8, 4) is 0 Å². The van der Waals surface area contributed by atoms with E-state index in [1.165, 1.54) is 18.5 Å². The number of benzene rings is 1. The Morgan fingerprint density at radius 3 is 2.59 bits per heavy atom. The first-order valence-electron chi connectivity index (χ1n) is 8.83. The SMILES string of the molecule is CCN1CCC2(c3ccccc3)CCN(C(=O)C3CC3)CC12. The van der Waals surface area contributed by atoms with E-state index in [0.29, 0.717) is 17.9 Å². The Morgan fingerprint density at radius 2 is 1.91 bits per heavy atom. The summed E-state index contributed by atoms with van der Waals surface area (Å²) in [5.74, 6) is 0.769. The zero-order valence-electron chi connectivity index (χ0n) is 13.5. The molecule has 3 heteroatoms. The molecular formula is C19H26N2O. The van der Waals surface area contributed by atoms with Gasteiger partial charge in [-0.25, -0.2) is 0 Å². The third-order valence-corrected chi connectivity index (χ3v) is 6.14. The van der Waals surface area contributed by atoms with Crippen LogP contribution >= 0.6 is 0 Å². The van der Waals surface area contributed by atoms with Crippen LogP contribution in [0.25, 0.3) is 0 Å². The summed E-state index contributed by atoms with van der Waals surface area (Å²) in [6.07, 6.45) is 4.58. The van der Waals surface area contributed by atoms with Gasteiger partial charge in [-0.15, -0.1) is 0 Å². The molecule has 2 atom stereocenters. The Morgan fingerprint density at radius 1 is 1.18 bits per heavy atom. The maximum Gasteiger partial charge on any atom is 0.225 e. The van der Waals surface area contributed by atoms with Gasteiger partial charge in [0, 0.05) is 30.5 Å². The zero-order valence-corrected chi connectivity index (χ0v) is 13.5. The van der Waals surface area contributed by atoms with Crippen molar-refractivity contribution < 1.29 is 4.79 Å². The molecule has 3 aliphatic rings. The summed E-state index contributed by atoms with van der Waals surface area (Å²) in [6, 6.07) is 11.5. The molecule has 0 spiro atoms. The number of carbonyl (C=O) groups is 1. The van der Waals surface area contributed by atoms with Crippen LogP contribution in [0.5, 0.6) is 0 Å².